The van der Waals surface area contributed by atoms with Crippen molar-refractivity contribution < 1.29 is 23.0 Å². The topological polar surface area (TPSA) is 29.5 Å². The monoisotopic (exact) mass is 180 g/mol. The van der Waals surface area contributed by atoms with Crippen LogP contribution in [0.3, 0.4) is 0 Å². The lowest BCUT2D eigenvalue weighted by molar-refractivity contribution is -0.0741. The van der Waals surface area contributed by atoms with E-state index < -0.39 is 23.6 Å². The fourth-order valence-corrected chi connectivity index (χ4v) is 0.880. The number of rotatable bonds is 1. The third-order valence-corrected chi connectivity index (χ3v) is 1.48. The molecule has 1 atom stereocenters. The summed E-state index contributed by atoms with van der Waals surface area (Å²) < 4.78 is 42.0. The Balaban J connectivity index is 2.99. The van der Waals surface area contributed by atoms with Crippen LogP contribution in [-0.4, -0.2) is 24.2 Å². The molecular weight excluding hydrogens is 173 g/mol. The van der Waals surface area contributed by atoms with Crippen molar-refractivity contribution >= 4 is 0 Å². The minimum absolute atomic E-state index is 0.0557. The van der Waals surface area contributed by atoms with Gasteiger partial charge in [-0.05, 0) is 0 Å². The van der Waals surface area contributed by atoms with E-state index in [1.54, 1.807) is 0 Å². The fourth-order valence-electron chi connectivity index (χ4n) is 0.880. The second-order valence-electron chi connectivity index (χ2n) is 2.36. The zero-order chi connectivity index (χ0) is 9.35. The summed E-state index contributed by atoms with van der Waals surface area (Å²) in [5.74, 6) is -5.17. The molecule has 0 aliphatic heterocycles. The molecule has 1 aliphatic carbocycles. The first-order valence-corrected chi connectivity index (χ1v) is 3.17. The Kier molecular flexibility index (Phi) is 2.14. The van der Waals surface area contributed by atoms with Gasteiger partial charge in [0.2, 0.25) is 0 Å². The van der Waals surface area contributed by atoms with Gasteiger partial charge in [-0.3, -0.25) is 0 Å². The summed E-state index contributed by atoms with van der Waals surface area (Å²) >= 11 is 0. The van der Waals surface area contributed by atoms with Gasteiger partial charge in [-0.1, -0.05) is 0 Å². The van der Waals surface area contributed by atoms with Crippen LogP contribution in [0.25, 0.3) is 0 Å². The lowest BCUT2D eigenvalue weighted by Gasteiger charge is -2.23. The molecule has 0 amide bonds. The van der Waals surface area contributed by atoms with Gasteiger partial charge < -0.3 is 9.84 Å². The number of halogens is 3. The van der Waals surface area contributed by atoms with Gasteiger partial charge in [0, 0.05) is 12.2 Å². The molecule has 0 aromatic rings. The van der Waals surface area contributed by atoms with E-state index in [2.05, 4.69) is 4.74 Å². The minimum Gasteiger partial charge on any atom is -0.498 e. The number of methoxy groups -OCH3 is 1. The molecule has 0 fully saturated rings. The molecule has 0 aromatic heterocycles. The average Bonchev–Trinajstić information content (AvgIpc) is 1.96. The van der Waals surface area contributed by atoms with E-state index in [0.29, 0.717) is 0 Å². The van der Waals surface area contributed by atoms with Crippen LogP contribution in [0.15, 0.2) is 23.7 Å². The van der Waals surface area contributed by atoms with Crippen molar-refractivity contribution in [1.29, 1.82) is 0 Å². The molecule has 0 heterocycles. The standard InChI is InChI=1S/C7H7F3O2/c1-12-5-2-4(8)3-7(9,10)6(5)11/h2-3,6,11H,1H3. The first-order valence-electron chi connectivity index (χ1n) is 3.17. The quantitative estimate of drug-likeness (QED) is 0.660. The van der Waals surface area contributed by atoms with Crippen LogP contribution in [0.5, 0.6) is 0 Å². The molecule has 0 saturated heterocycles. The van der Waals surface area contributed by atoms with Crippen molar-refractivity contribution in [3.05, 3.63) is 23.7 Å². The van der Waals surface area contributed by atoms with Gasteiger partial charge in [0.15, 0.2) is 6.10 Å². The van der Waals surface area contributed by atoms with Gasteiger partial charge in [-0.2, -0.15) is 8.78 Å². The van der Waals surface area contributed by atoms with Crippen molar-refractivity contribution in [1.82, 2.24) is 0 Å². The van der Waals surface area contributed by atoms with Crippen molar-refractivity contribution in [2.45, 2.75) is 12.0 Å². The van der Waals surface area contributed by atoms with Gasteiger partial charge in [0.05, 0.1) is 7.11 Å². The first-order chi connectivity index (χ1) is 5.47. The Labute approximate surface area is 66.9 Å². The summed E-state index contributed by atoms with van der Waals surface area (Å²) in [5.41, 5.74) is 0. The van der Waals surface area contributed by atoms with Crippen LogP contribution in [0.4, 0.5) is 13.2 Å². The maximum atomic E-state index is 12.6. The summed E-state index contributed by atoms with van der Waals surface area (Å²) in [7, 11) is 1.09. The van der Waals surface area contributed by atoms with Crippen molar-refractivity contribution in [2.75, 3.05) is 7.11 Å². The molecule has 0 spiro atoms. The van der Waals surface area contributed by atoms with Crippen molar-refractivity contribution in [2.24, 2.45) is 0 Å². The number of aliphatic hydroxyl groups is 1. The molecule has 2 nitrogen and oxygen atoms in total. The van der Waals surface area contributed by atoms with E-state index in [1.807, 2.05) is 0 Å². The maximum Gasteiger partial charge on any atom is 0.302 e. The number of hydrogen-bond acceptors (Lipinski definition) is 2. The van der Waals surface area contributed by atoms with Gasteiger partial charge in [0.1, 0.15) is 11.6 Å². The lowest BCUT2D eigenvalue weighted by atomic mass is 10.1. The third-order valence-electron chi connectivity index (χ3n) is 1.48. The molecule has 68 valence electrons. The van der Waals surface area contributed by atoms with Gasteiger partial charge in [-0.25, -0.2) is 4.39 Å². The molecule has 0 aromatic carbocycles. The Hall–Kier alpha value is -0.970. The fraction of sp³-hybridized carbons (Fsp3) is 0.429. The summed E-state index contributed by atoms with van der Waals surface area (Å²) in [4.78, 5) is 0. The van der Waals surface area contributed by atoms with Gasteiger partial charge in [-0.15, -0.1) is 0 Å². The van der Waals surface area contributed by atoms with Crippen LogP contribution >= 0.6 is 0 Å². The second-order valence-corrected chi connectivity index (χ2v) is 2.36. The molecular formula is C7H7F3O2. The normalized spacial score (nSPS) is 27.6. The van der Waals surface area contributed by atoms with Crippen LogP contribution in [0.2, 0.25) is 0 Å². The smallest absolute Gasteiger partial charge is 0.302 e. The van der Waals surface area contributed by atoms with E-state index in [9.17, 15) is 13.2 Å². The number of ether oxygens (including phenoxy) is 1. The molecule has 1 unspecified atom stereocenters. The second kappa shape index (κ2) is 2.82. The zero-order valence-electron chi connectivity index (χ0n) is 6.22. The average molecular weight is 180 g/mol. The number of alkyl halides is 2. The maximum absolute atomic E-state index is 12.6. The molecule has 1 aliphatic rings. The van der Waals surface area contributed by atoms with E-state index in [4.69, 9.17) is 5.11 Å². The Morgan fingerprint density at radius 1 is 1.58 bits per heavy atom. The molecule has 0 saturated carbocycles. The lowest BCUT2D eigenvalue weighted by Crippen LogP contribution is -2.35. The van der Waals surface area contributed by atoms with Crippen molar-refractivity contribution in [3.63, 3.8) is 0 Å². The highest BCUT2D eigenvalue weighted by Crippen LogP contribution is 2.32. The molecule has 5 heteroatoms. The number of aliphatic hydroxyl groups excluding tert-OH is 1. The molecule has 1 N–H and O–H groups in total. The Morgan fingerprint density at radius 3 is 2.67 bits per heavy atom. The SMILES string of the molecule is COC1=CC(F)=CC(F)(F)C1O. The van der Waals surface area contributed by atoms with Gasteiger partial charge >= 0.3 is 5.92 Å². The van der Waals surface area contributed by atoms with Crippen LogP contribution < -0.4 is 0 Å². The molecule has 1 rings (SSSR count). The predicted octanol–water partition coefficient (Wildman–Crippen LogP) is 1.38. The first kappa shape index (κ1) is 9.12. The Bertz CT molecular complexity index is 245. The van der Waals surface area contributed by atoms with Crippen LogP contribution in [0.1, 0.15) is 0 Å². The minimum atomic E-state index is -3.59. The largest absolute Gasteiger partial charge is 0.498 e. The predicted molar refractivity (Wildman–Crippen MR) is 35.2 cm³/mol. The van der Waals surface area contributed by atoms with E-state index in [1.165, 1.54) is 0 Å². The van der Waals surface area contributed by atoms with Crippen molar-refractivity contribution in [3.8, 4) is 0 Å². The van der Waals surface area contributed by atoms with Crippen LogP contribution in [0, 0.1) is 0 Å². The molecule has 12 heavy (non-hydrogen) atoms. The highest BCUT2D eigenvalue weighted by atomic mass is 19.3. The molecule has 0 radical (unpaired) electrons. The zero-order valence-corrected chi connectivity index (χ0v) is 6.22. The highest BCUT2D eigenvalue weighted by Gasteiger charge is 2.42. The summed E-state index contributed by atoms with van der Waals surface area (Å²) in [6.45, 7) is 0. The van der Waals surface area contributed by atoms with Crippen LogP contribution in [-0.2, 0) is 4.74 Å². The van der Waals surface area contributed by atoms with E-state index in [0.717, 1.165) is 13.2 Å². The van der Waals surface area contributed by atoms with E-state index >= 15 is 0 Å². The third kappa shape index (κ3) is 1.45. The van der Waals surface area contributed by atoms with E-state index in [-0.39, 0.29) is 6.08 Å². The molecule has 0 bridgehead atoms. The number of hydrogen-bond donors (Lipinski definition) is 1. The van der Waals surface area contributed by atoms with Gasteiger partial charge in [0.25, 0.3) is 0 Å². The Morgan fingerprint density at radius 2 is 2.17 bits per heavy atom. The highest BCUT2D eigenvalue weighted by molar-refractivity contribution is 5.28. The summed E-state index contributed by atoms with van der Waals surface area (Å²) in [6.07, 6.45) is -1.32. The summed E-state index contributed by atoms with van der Waals surface area (Å²) in [6, 6.07) is 0. The summed E-state index contributed by atoms with van der Waals surface area (Å²) in [5, 5.41) is 8.86. The number of allylic oxidation sites excluding steroid dienone is 2.